The van der Waals surface area contributed by atoms with Crippen LogP contribution in [0.4, 0.5) is 23.1 Å². The van der Waals surface area contributed by atoms with E-state index in [1.807, 2.05) is 77.7 Å². The lowest BCUT2D eigenvalue weighted by molar-refractivity contribution is 0.865. The molecular weight excluding hydrogens is 370 g/mol. The SMILES string of the molecule is Clc1ccc(Nc2cnnc(N(Cc3ccccc3)c3ccccc3)n2)cc1. The van der Waals surface area contributed by atoms with E-state index in [4.69, 9.17) is 11.6 Å². The van der Waals surface area contributed by atoms with Crippen LogP contribution in [0.25, 0.3) is 0 Å². The molecule has 0 unspecified atom stereocenters. The molecule has 0 saturated heterocycles. The van der Waals surface area contributed by atoms with Gasteiger partial charge >= 0.3 is 0 Å². The van der Waals surface area contributed by atoms with E-state index in [1.165, 1.54) is 0 Å². The Morgan fingerprint density at radius 1 is 0.821 bits per heavy atom. The Bertz CT molecular complexity index is 1020. The number of halogens is 1. The second kappa shape index (κ2) is 8.50. The number of para-hydroxylation sites is 1. The Labute approximate surface area is 168 Å². The van der Waals surface area contributed by atoms with Crippen molar-refractivity contribution >= 4 is 34.7 Å². The van der Waals surface area contributed by atoms with E-state index in [9.17, 15) is 0 Å². The average molecular weight is 388 g/mol. The molecule has 5 nitrogen and oxygen atoms in total. The number of hydrogen-bond acceptors (Lipinski definition) is 5. The highest BCUT2D eigenvalue weighted by atomic mass is 35.5. The minimum atomic E-state index is 0.522. The van der Waals surface area contributed by atoms with Gasteiger partial charge < -0.3 is 10.2 Å². The van der Waals surface area contributed by atoms with Gasteiger partial charge in [0.05, 0.1) is 12.7 Å². The highest BCUT2D eigenvalue weighted by Crippen LogP contribution is 2.25. The summed E-state index contributed by atoms with van der Waals surface area (Å²) in [6.07, 6.45) is 1.60. The molecule has 1 aromatic heterocycles. The summed E-state index contributed by atoms with van der Waals surface area (Å²) in [6.45, 7) is 0.636. The normalized spacial score (nSPS) is 10.5. The Hall–Kier alpha value is -3.44. The summed E-state index contributed by atoms with van der Waals surface area (Å²) in [4.78, 5) is 6.71. The van der Waals surface area contributed by atoms with Gasteiger partial charge in [0.25, 0.3) is 5.95 Å². The summed E-state index contributed by atoms with van der Waals surface area (Å²) in [5, 5.41) is 12.3. The van der Waals surface area contributed by atoms with Crippen molar-refractivity contribution in [2.45, 2.75) is 6.54 Å². The van der Waals surface area contributed by atoms with Crippen molar-refractivity contribution in [1.29, 1.82) is 0 Å². The summed E-state index contributed by atoms with van der Waals surface area (Å²) >= 11 is 5.95. The standard InChI is InChI=1S/C22H18ClN5/c23-18-11-13-19(14-12-18)25-21-15-24-27-22(26-21)28(20-9-5-2-6-10-20)16-17-7-3-1-4-8-17/h1-15H,16H2,(H,25,26,27). The number of nitrogens with zero attached hydrogens (tertiary/aromatic N) is 4. The van der Waals surface area contributed by atoms with Crippen LogP contribution in [0.2, 0.25) is 5.02 Å². The van der Waals surface area contributed by atoms with E-state index in [0.717, 1.165) is 16.9 Å². The number of hydrogen-bond donors (Lipinski definition) is 1. The first-order chi connectivity index (χ1) is 13.8. The largest absolute Gasteiger partial charge is 0.339 e. The van der Waals surface area contributed by atoms with E-state index in [0.29, 0.717) is 23.3 Å². The maximum atomic E-state index is 5.95. The number of aromatic nitrogens is 3. The van der Waals surface area contributed by atoms with Crippen LogP contribution in [0, 0.1) is 0 Å². The summed E-state index contributed by atoms with van der Waals surface area (Å²) in [7, 11) is 0. The van der Waals surface area contributed by atoms with E-state index in [-0.39, 0.29) is 0 Å². The van der Waals surface area contributed by atoms with Crippen molar-refractivity contribution < 1.29 is 0 Å². The van der Waals surface area contributed by atoms with Gasteiger partial charge in [-0.25, -0.2) is 0 Å². The monoisotopic (exact) mass is 387 g/mol. The summed E-state index contributed by atoms with van der Waals surface area (Å²) in [5.41, 5.74) is 3.04. The van der Waals surface area contributed by atoms with E-state index < -0.39 is 0 Å². The number of benzene rings is 3. The molecule has 28 heavy (non-hydrogen) atoms. The van der Waals surface area contributed by atoms with Gasteiger partial charge in [-0.1, -0.05) is 60.1 Å². The molecule has 0 atom stereocenters. The molecule has 1 heterocycles. The van der Waals surface area contributed by atoms with Gasteiger partial charge in [-0.15, -0.1) is 5.10 Å². The van der Waals surface area contributed by atoms with Crippen molar-refractivity contribution in [3.63, 3.8) is 0 Å². The van der Waals surface area contributed by atoms with Gasteiger partial charge in [-0.05, 0) is 42.0 Å². The van der Waals surface area contributed by atoms with Gasteiger partial charge in [-0.2, -0.15) is 10.1 Å². The first kappa shape index (κ1) is 17.9. The summed E-state index contributed by atoms with van der Waals surface area (Å²) in [6, 6.07) is 27.7. The van der Waals surface area contributed by atoms with E-state index >= 15 is 0 Å². The van der Waals surface area contributed by atoms with Crippen LogP contribution in [-0.2, 0) is 6.54 Å². The fourth-order valence-electron chi connectivity index (χ4n) is 2.80. The van der Waals surface area contributed by atoms with Crippen LogP contribution in [0.3, 0.4) is 0 Å². The van der Waals surface area contributed by atoms with Crippen LogP contribution in [-0.4, -0.2) is 15.2 Å². The topological polar surface area (TPSA) is 53.9 Å². The van der Waals surface area contributed by atoms with Gasteiger partial charge in [0, 0.05) is 16.4 Å². The second-order valence-electron chi connectivity index (χ2n) is 6.18. The number of nitrogens with one attached hydrogen (secondary N) is 1. The zero-order chi connectivity index (χ0) is 19.2. The predicted molar refractivity (Wildman–Crippen MR) is 113 cm³/mol. The van der Waals surface area contributed by atoms with Crippen LogP contribution in [0.1, 0.15) is 5.56 Å². The lowest BCUT2D eigenvalue weighted by atomic mass is 10.2. The Morgan fingerprint density at radius 3 is 2.21 bits per heavy atom. The zero-order valence-corrected chi connectivity index (χ0v) is 15.8. The third kappa shape index (κ3) is 4.45. The quantitative estimate of drug-likeness (QED) is 0.466. The maximum Gasteiger partial charge on any atom is 0.252 e. The van der Waals surface area contributed by atoms with Crippen molar-refractivity contribution in [1.82, 2.24) is 15.2 Å². The molecular formula is C22H18ClN5. The summed E-state index contributed by atoms with van der Waals surface area (Å²) in [5.74, 6) is 1.13. The first-order valence-corrected chi connectivity index (χ1v) is 9.24. The van der Waals surface area contributed by atoms with Crippen LogP contribution in [0.5, 0.6) is 0 Å². The lowest BCUT2D eigenvalue weighted by Gasteiger charge is -2.22. The van der Waals surface area contributed by atoms with Crippen LogP contribution < -0.4 is 10.2 Å². The molecule has 3 aromatic carbocycles. The van der Waals surface area contributed by atoms with Crippen LogP contribution >= 0.6 is 11.6 Å². The third-order valence-electron chi connectivity index (χ3n) is 4.16. The van der Waals surface area contributed by atoms with Gasteiger partial charge in [0.2, 0.25) is 0 Å². The van der Waals surface area contributed by atoms with Crippen molar-refractivity contribution in [3.8, 4) is 0 Å². The molecule has 1 N–H and O–H groups in total. The molecule has 0 bridgehead atoms. The van der Waals surface area contributed by atoms with Crippen LogP contribution in [0.15, 0.2) is 91.1 Å². The molecule has 0 spiro atoms. The molecule has 6 heteroatoms. The lowest BCUT2D eigenvalue weighted by Crippen LogP contribution is -2.20. The molecule has 0 aliphatic carbocycles. The van der Waals surface area contributed by atoms with E-state index in [1.54, 1.807) is 6.20 Å². The molecule has 0 amide bonds. The molecule has 4 rings (SSSR count). The van der Waals surface area contributed by atoms with Crippen molar-refractivity contribution in [2.24, 2.45) is 0 Å². The number of anilines is 4. The predicted octanol–water partition coefficient (Wildman–Crippen LogP) is 5.61. The van der Waals surface area contributed by atoms with Crippen molar-refractivity contribution in [3.05, 3.63) is 102 Å². The molecule has 0 radical (unpaired) electrons. The van der Waals surface area contributed by atoms with Crippen molar-refractivity contribution in [2.75, 3.05) is 10.2 Å². The average Bonchev–Trinajstić information content (AvgIpc) is 2.75. The third-order valence-corrected chi connectivity index (χ3v) is 4.41. The maximum absolute atomic E-state index is 5.95. The Kier molecular flexibility index (Phi) is 5.45. The first-order valence-electron chi connectivity index (χ1n) is 8.87. The Balaban J connectivity index is 1.65. The van der Waals surface area contributed by atoms with Gasteiger partial charge in [-0.3, -0.25) is 0 Å². The smallest absolute Gasteiger partial charge is 0.252 e. The zero-order valence-electron chi connectivity index (χ0n) is 15.0. The molecule has 0 saturated carbocycles. The highest BCUT2D eigenvalue weighted by molar-refractivity contribution is 6.30. The van der Waals surface area contributed by atoms with Gasteiger partial charge in [0.1, 0.15) is 0 Å². The minimum Gasteiger partial charge on any atom is -0.339 e. The van der Waals surface area contributed by atoms with E-state index in [2.05, 4.69) is 32.6 Å². The second-order valence-corrected chi connectivity index (χ2v) is 6.62. The molecule has 0 fully saturated rings. The molecule has 0 aliphatic rings. The molecule has 138 valence electrons. The van der Waals surface area contributed by atoms with Gasteiger partial charge in [0.15, 0.2) is 5.82 Å². The highest BCUT2D eigenvalue weighted by Gasteiger charge is 2.14. The molecule has 0 aliphatic heterocycles. The summed E-state index contributed by atoms with van der Waals surface area (Å²) < 4.78 is 0. The molecule has 4 aromatic rings. The Morgan fingerprint density at radius 2 is 1.50 bits per heavy atom. The fourth-order valence-corrected chi connectivity index (χ4v) is 2.93. The fraction of sp³-hybridized carbons (Fsp3) is 0.0455. The number of rotatable bonds is 6. The minimum absolute atomic E-state index is 0.522.